The topological polar surface area (TPSA) is 92.4 Å². The molecule has 0 aliphatic heterocycles. The van der Waals surface area contributed by atoms with E-state index in [1.807, 2.05) is 0 Å². The summed E-state index contributed by atoms with van der Waals surface area (Å²) in [6, 6.07) is 0.210. The fraction of sp³-hybridized carbons (Fsp3) is 1.00. The van der Waals surface area contributed by atoms with Gasteiger partial charge in [-0.05, 0) is 30.1 Å². The van der Waals surface area contributed by atoms with Crippen molar-refractivity contribution in [3.63, 3.8) is 0 Å². The first-order valence-corrected chi connectivity index (χ1v) is 8.04. The maximum absolute atomic E-state index is 10.6. The molecule has 1 fully saturated rings. The van der Waals surface area contributed by atoms with Crippen LogP contribution in [-0.4, -0.2) is 37.9 Å². The van der Waals surface area contributed by atoms with Crippen molar-refractivity contribution in [1.29, 1.82) is 0 Å². The van der Waals surface area contributed by atoms with Crippen LogP contribution in [0.4, 0.5) is 0 Å². The van der Waals surface area contributed by atoms with Gasteiger partial charge in [-0.2, -0.15) is 8.42 Å². The van der Waals surface area contributed by atoms with E-state index < -0.39 is 10.1 Å². The van der Waals surface area contributed by atoms with E-state index in [1.54, 1.807) is 0 Å². The zero-order valence-corrected chi connectivity index (χ0v) is 15.4. The van der Waals surface area contributed by atoms with Gasteiger partial charge in [-0.15, -0.1) is 0 Å². The van der Waals surface area contributed by atoms with Crippen LogP contribution in [0, 0.1) is 10.8 Å². The van der Waals surface area contributed by atoms with Gasteiger partial charge in [-0.3, -0.25) is 4.55 Å². The predicted molar refractivity (Wildman–Crippen MR) is 74.1 cm³/mol. The maximum Gasteiger partial charge on any atom is 1.00 e. The average Bonchev–Trinajstić information content (AvgIpc) is 2.06. The third-order valence-electron chi connectivity index (χ3n) is 3.56. The number of hydrogen-bond donors (Lipinski definition) is 3. The summed E-state index contributed by atoms with van der Waals surface area (Å²) in [5.74, 6) is -0.238. The summed E-state index contributed by atoms with van der Waals surface area (Å²) in [6.45, 7) is 7.66. The van der Waals surface area contributed by atoms with Crippen molar-refractivity contribution in [1.82, 2.24) is 5.32 Å². The third-order valence-corrected chi connectivity index (χ3v) is 4.28. The molecule has 1 rings (SSSR count). The minimum Gasteiger partial charge on any atom is -1.00 e. The second-order valence-electron chi connectivity index (χ2n) is 6.78. The van der Waals surface area contributed by atoms with Gasteiger partial charge in [-0.25, -0.2) is 0 Å². The molecule has 0 bridgehead atoms. The molecule has 0 aromatic heterocycles. The van der Waals surface area contributed by atoms with Gasteiger partial charge in [0.2, 0.25) is 0 Å². The largest absolute Gasteiger partial charge is 1.00 e. The summed E-state index contributed by atoms with van der Waals surface area (Å²) in [4.78, 5) is 0. The molecular formula is C12H27N2NaO3S. The van der Waals surface area contributed by atoms with E-state index in [2.05, 4.69) is 26.1 Å². The van der Waals surface area contributed by atoms with E-state index in [1.165, 1.54) is 0 Å². The molecule has 1 saturated carbocycles. The van der Waals surface area contributed by atoms with E-state index in [9.17, 15) is 8.42 Å². The average molecular weight is 302 g/mol. The molecule has 0 saturated heterocycles. The molecule has 1 aliphatic carbocycles. The molecule has 0 amide bonds. The van der Waals surface area contributed by atoms with E-state index in [0.717, 1.165) is 25.8 Å². The molecule has 5 nitrogen and oxygen atoms in total. The maximum atomic E-state index is 10.6. The van der Waals surface area contributed by atoms with Gasteiger partial charge in [0.1, 0.15) is 0 Å². The molecule has 0 radical (unpaired) electrons. The zero-order chi connectivity index (χ0) is 14.0. The van der Waals surface area contributed by atoms with Gasteiger partial charge in [0.05, 0.1) is 5.75 Å². The van der Waals surface area contributed by atoms with Crippen LogP contribution in [0.2, 0.25) is 0 Å². The summed E-state index contributed by atoms with van der Waals surface area (Å²) in [5, 5.41) is 3.12. The Balaban J connectivity index is 0. The quantitative estimate of drug-likeness (QED) is 0.314. The monoisotopic (exact) mass is 302 g/mol. The van der Waals surface area contributed by atoms with E-state index in [-0.39, 0.29) is 60.2 Å². The Bertz CT molecular complexity index is 392. The Morgan fingerprint density at radius 1 is 1.37 bits per heavy atom. The first-order valence-electron chi connectivity index (χ1n) is 6.43. The summed E-state index contributed by atoms with van der Waals surface area (Å²) < 4.78 is 29.9. The SMILES string of the molecule is CC1(C)CC(N)CC(C)(CNCCS(=O)(=O)O)C1.[H-].[Na+]. The summed E-state index contributed by atoms with van der Waals surface area (Å²) in [6.07, 6.45) is 3.06. The smallest absolute Gasteiger partial charge is 1.00 e. The standard InChI is InChI=1S/C12H26N2O3S.Na.H/c1-11(2)6-10(13)7-12(3,8-11)9-14-4-5-18(15,16)17;;/h10,14H,4-9,13H2,1-3H3,(H,15,16,17);;/q;+1;-1. The molecular weight excluding hydrogens is 275 g/mol. The first-order chi connectivity index (χ1) is 8.02. The summed E-state index contributed by atoms with van der Waals surface area (Å²) in [5.41, 5.74) is 6.43. The summed E-state index contributed by atoms with van der Waals surface area (Å²) in [7, 11) is -3.87. The Kier molecular flexibility index (Phi) is 7.52. The van der Waals surface area contributed by atoms with Gasteiger partial charge in [0.25, 0.3) is 10.1 Å². The molecule has 0 aromatic rings. The van der Waals surface area contributed by atoms with Crippen LogP contribution in [0.15, 0.2) is 0 Å². The van der Waals surface area contributed by atoms with E-state index in [4.69, 9.17) is 10.3 Å². The fourth-order valence-electron chi connectivity index (χ4n) is 3.44. The van der Waals surface area contributed by atoms with Crippen LogP contribution >= 0.6 is 0 Å². The van der Waals surface area contributed by atoms with Crippen LogP contribution in [0.25, 0.3) is 0 Å². The molecule has 0 aromatic carbocycles. The van der Waals surface area contributed by atoms with Crippen molar-refractivity contribution >= 4 is 10.1 Å². The number of nitrogens with one attached hydrogen (secondary N) is 1. The molecule has 19 heavy (non-hydrogen) atoms. The molecule has 4 N–H and O–H groups in total. The van der Waals surface area contributed by atoms with Crippen molar-refractivity contribution in [3.8, 4) is 0 Å². The molecule has 2 unspecified atom stereocenters. The Morgan fingerprint density at radius 3 is 2.42 bits per heavy atom. The van der Waals surface area contributed by atoms with Gasteiger partial charge in [-0.1, -0.05) is 20.8 Å². The number of nitrogens with two attached hydrogens (primary N) is 1. The Hall–Kier alpha value is 0.830. The molecule has 7 heteroatoms. The number of rotatable bonds is 5. The number of hydrogen-bond acceptors (Lipinski definition) is 4. The predicted octanol–water partition coefficient (Wildman–Crippen LogP) is -1.88. The second kappa shape index (κ2) is 7.20. The van der Waals surface area contributed by atoms with Crippen molar-refractivity contribution in [2.75, 3.05) is 18.8 Å². The molecule has 110 valence electrons. The van der Waals surface area contributed by atoms with E-state index >= 15 is 0 Å². The third kappa shape index (κ3) is 7.99. The molecule has 2 atom stereocenters. The van der Waals surface area contributed by atoms with Gasteiger partial charge in [0, 0.05) is 19.1 Å². The Labute approximate surface area is 140 Å². The van der Waals surface area contributed by atoms with Crippen molar-refractivity contribution in [2.45, 2.75) is 46.1 Å². The van der Waals surface area contributed by atoms with Crippen LogP contribution in [-0.2, 0) is 10.1 Å². The van der Waals surface area contributed by atoms with Crippen LogP contribution < -0.4 is 40.6 Å². The van der Waals surface area contributed by atoms with Gasteiger partial charge in [0.15, 0.2) is 0 Å². The molecule has 1 aliphatic rings. The van der Waals surface area contributed by atoms with Gasteiger partial charge < -0.3 is 12.5 Å². The van der Waals surface area contributed by atoms with E-state index in [0.29, 0.717) is 0 Å². The minimum absolute atomic E-state index is 0. The van der Waals surface area contributed by atoms with Crippen LogP contribution in [0.3, 0.4) is 0 Å². The van der Waals surface area contributed by atoms with Crippen molar-refractivity contribution in [2.24, 2.45) is 16.6 Å². The van der Waals surface area contributed by atoms with Crippen molar-refractivity contribution in [3.05, 3.63) is 0 Å². The molecule has 0 heterocycles. The fourth-order valence-corrected chi connectivity index (χ4v) is 3.84. The zero-order valence-electron chi connectivity index (χ0n) is 13.6. The van der Waals surface area contributed by atoms with Gasteiger partial charge >= 0.3 is 29.6 Å². The second-order valence-corrected chi connectivity index (χ2v) is 8.35. The van der Waals surface area contributed by atoms with Crippen LogP contribution in [0.1, 0.15) is 41.5 Å². The first kappa shape index (κ1) is 19.8. The Morgan fingerprint density at radius 2 is 1.95 bits per heavy atom. The van der Waals surface area contributed by atoms with Crippen molar-refractivity contribution < 1.29 is 44.0 Å². The summed E-state index contributed by atoms with van der Waals surface area (Å²) >= 11 is 0. The van der Waals surface area contributed by atoms with Crippen LogP contribution in [0.5, 0.6) is 0 Å². The normalized spacial score (nSPS) is 30.7. The minimum atomic E-state index is -3.87. The molecule has 0 spiro atoms.